The van der Waals surface area contributed by atoms with Crippen LogP contribution in [0.15, 0.2) is 71.7 Å². The van der Waals surface area contributed by atoms with E-state index in [-0.39, 0.29) is 12.3 Å². The average Bonchev–Trinajstić information content (AvgIpc) is 2.65. The quantitative estimate of drug-likeness (QED) is 0.423. The molecule has 0 spiro atoms. The van der Waals surface area contributed by atoms with Gasteiger partial charge in [-0.05, 0) is 36.2 Å². The first-order valence-electron chi connectivity index (χ1n) is 7.61. The Morgan fingerprint density at radius 1 is 1.16 bits per heavy atom. The lowest BCUT2D eigenvalue weighted by Crippen LogP contribution is -2.57. The fourth-order valence-corrected chi connectivity index (χ4v) is 2.71. The van der Waals surface area contributed by atoms with Gasteiger partial charge in [0.2, 0.25) is 0 Å². The van der Waals surface area contributed by atoms with Crippen molar-refractivity contribution in [3.05, 3.63) is 82.9 Å². The van der Waals surface area contributed by atoms with Crippen molar-refractivity contribution in [2.75, 3.05) is 7.11 Å². The molecule has 0 heterocycles. The molecule has 0 aliphatic rings. The molecule has 25 heavy (non-hydrogen) atoms. The smallest absolute Gasteiger partial charge is 0.332 e. The fraction of sp³-hybridized carbons (Fsp3) is 0.158. The van der Waals surface area contributed by atoms with Crippen LogP contribution in [-0.4, -0.2) is 19.0 Å². The first-order valence-corrected chi connectivity index (χ1v) is 8.40. The van der Waals surface area contributed by atoms with Crippen LogP contribution in [-0.2, 0) is 15.1 Å². The molecule has 0 aliphatic carbocycles. The number of benzene rings is 2. The summed E-state index contributed by atoms with van der Waals surface area (Å²) >= 11 is 3.37. The number of halogens is 1. The Labute approximate surface area is 155 Å². The molecule has 0 bridgehead atoms. The Hall–Kier alpha value is -2.44. The highest BCUT2D eigenvalue weighted by atomic mass is 79.9. The molecule has 1 atom stereocenters. The fourth-order valence-electron chi connectivity index (χ4n) is 2.44. The predicted molar refractivity (Wildman–Crippen MR) is 99.7 cm³/mol. The van der Waals surface area contributed by atoms with E-state index in [9.17, 15) is 9.59 Å². The van der Waals surface area contributed by atoms with Gasteiger partial charge in [0.25, 0.3) is 5.91 Å². The minimum absolute atomic E-state index is 0.233. The van der Waals surface area contributed by atoms with Gasteiger partial charge < -0.3 is 4.74 Å². The zero-order valence-corrected chi connectivity index (χ0v) is 15.4. The predicted octanol–water partition coefficient (Wildman–Crippen LogP) is 3.33. The number of hydrogen-bond donors (Lipinski definition) is 2. The van der Waals surface area contributed by atoms with Crippen LogP contribution in [0, 0.1) is 0 Å². The van der Waals surface area contributed by atoms with Crippen LogP contribution in [0.5, 0.6) is 0 Å². The molecule has 5 nitrogen and oxygen atoms in total. The van der Waals surface area contributed by atoms with Crippen molar-refractivity contribution in [1.29, 1.82) is 0 Å². The topological polar surface area (TPSA) is 67.4 Å². The van der Waals surface area contributed by atoms with Crippen LogP contribution >= 0.6 is 15.9 Å². The van der Waals surface area contributed by atoms with Crippen molar-refractivity contribution in [3.63, 3.8) is 0 Å². The van der Waals surface area contributed by atoms with E-state index in [2.05, 4.69) is 33.4 Å². The standard InChI is InChI=1S/C19H19BrN2O3/c1-3-13-19(18(24)25-2,15-9-11-16(20)12-10-15)22-21-17(23)14-7-5-4-6-8-14/h3-12,22H,1,13H2,2H3,(H,21,23). The van der Waals surface area contributed by atoms with Gasteiger partial charge in [0.15, 0.2) is 5.54 Å². The summed E-state index contributed by atoms with van der Waals surface area (Å²) in [5.41, 5.74) is 5.31. The van der Waals surface area contributed by atoms with Crippen LogP contribution in [0.4, 0.5) is 0 Å². The highest BCUT2D eigenvalue weighted by molar-refractivity contribution is 9.10. The second-order valence-corrected chi connectivity index (χ2v) is 6.26. The molecular weight excluding hydrogens is 384 g/mol. The van der Waals surface area contributed by atoms with Gasteiger partial charge in [-0.25, -0.2) is 10.2 Å². The second-order valence-electron chi connectivity index (χ2n) is 5.34. The molecule has 1 unspecified atom stereocenters. The molecule has 0 aliphatic heterocycles. The van der Waals surface area contributed by atoms with Gasteiger partial charge in [0, 0.05) is 10.0 Å². The summed E-state index contributed by atoms with van der Waals surface area (Å²) in [6, 6.07) is 15.9. The third kappa shape index (κ3) is 4.35. The van der Waals surface area contributed by atoms with Gasteiger partial charge in [-0.3, -0.25) is 10.2 Å². The number of carbonyl (C=O) groups excluding carboxylic acids is 2. The molecular formula is C19H19BrN2O3. The van der Waals surface area contributed by atoms with Crippen molar-refractivity contribution in [3.8, 4) is 0 Å². The first kappa shape index (κ1) is 18.9. The summed E-state index contributed by atoms with van der Waals surface area (Å²) < 4.78 is 5.86. The molecule has 0 radical (unpaired) electrons. The number of nitrogens with one attached hydrogen (secondary N) is 2. The molecule has 1 amide bonds. The normalized spacial score (nSPS) is 12.7. The van der Waals surface area contributed by atoms with Crippen LogP contribution in [0.25, 0.3) is 0 Å². The van der Waals surface area contributed by atoms with Crippen molar-refractivity contribution in [1.82, 2.24) is 10.9 Å². The van der Waals surface area contributed by atoms with Crippen LogP contribution in [0.2, 0.25) is 0 Å². The highest BCUT2D eigenvalue weighted by Gasteiger charge is 2.41. The Bertz CT molecular complexity index is 747. The second kappa shape index (κ2) is 8.60. The number of hydrazine groups is 1. The molecule has 0 saturated heterocycles. The number of rotatable bonds is 7. The molecule has 6 heteroatoms. The third-order valence-corrected chi connectivity index (χ3v) is 4.28. The van der Waals surface area contributed by atoms with Crippen molar-refractivity contribution >= 4 is 27.8 Å². The van der Waals surface area contributed by atoms with Crippen LogP contribution < -0.4 is 10.9 Å². The van der Waals surface area contributed by atoms with Gasteiger partial charge in [-0.15, -0.1) is 6.58 Å². The first-order chi connectivity index (χ1) is 12.0. The van der Waals surface area contributed by atoms with Crippen LogP contribution in [0.3, 0.4) is 0 Å². The van der Waals surface area contributed by atoms with Gasteiger partial charge >= 0.3 is 5.97 Å². The molecule has 0 aromatic heterocycles. The third-order valence-electron chi connectivity index (χ3n) is 3.75. The molecule has 130 valence electrons. The van der Waals surface area contributed by atoms with E-state index in [1.165, 1.54) is 7.11 Å². The Balaban J connectivity index is 2.33. The van der Waals surface area contributed by atoms with Gasteiger partial charge in [0.1, 0.15) is 0 Å². The zero-order valence-electron chi connectivity index (χ0n) is 13.8. The molecule has 0 fully saturated rings. The Morgan fingerprint density at radius 3 is 2.36 bits per heavy atom. The van der Waals surface area contributed by atoms with E-state index in [1.54, 1.807) is 42.5 Å². The molecule has 2 aromatic rings. The van der Waals surface area contributed by atoms with Crippen molar-refractivity contribution in [2.45, 2.75) is 12.0 Å². The van der Waals surface area contributed by atoms with Gasteiger partial charge in [-0.1, -0.05) is 52.3 Å². The van der Waals surface area contributed by atoms with E-state index in [0.717, 1.165) is 4.47 Å². The monoisotopic (exact) mass is 402 g/mol. The molecule has 0 saturated carbocycles. The summed E-state index contributed by atoms with van der Waals surface area (Å²) in [7, 11) is 1.31. The largest absolute Gasteiger partial charge is 0.467 e. The SMILES string of the molecule is C=CCC(NNC(=O)c1ccccc1)(C(=O)OC)c1ccc(Br)cc1. The van der Waals surface area contributed by atoms with E-state index in [1.807, 2.05) is 18.2 Å². The summed E-state index contributed by atoms with van der Waals surface area (Å²) in [6.45, 7) is 3.72. The number of ether oxygens (including phenoxy) is 1. The zero-order chi connectivity index (χ0) is 18.3. The summed E-state index contributed by atoms with van der Waals surface area (Å²) in [6.07, 6.45) is 1.83. The Kier molecular flexibility index (Phi) is 6.50. The maximum atomic E-state index is 12.6. The Morgan fingerprint density at radius 2 is 1.80 bits per heavy atom. The molecule has 2 rings (SSSR count). The van der Waals surface area contributed by atoms with Crippen LogP contribution in [0.1, 0.15) is 22.3 Å². The lowest BCUT2D eigenvalue weighted by molar-refractivity contribution is -0.149. The van der Waals surface area contributed by atoms with E-state index in [4.69, 9.17) is 4.74 Å². The number of esters is 1. The van der Waals surface area contributed by atoms with E-state index < -0.39 is 11.5 Å². The van der Waals surface area contributed by atoms with E-state index >= 15 is 0 Å². The maximum absolute atomic E-state index is 12.6. The lowest BCUT2D eigenvalue weighted by Gasteiger charge is -2.31. The summed E-state index contributed by atoms with van der Waals surface area (Å²) in [5, 5.41) is 0. The summed E-state index contributed by atoms with van der Waals surface area (Å²) in [5.74, 6) is -0.877. The number of methoxy groups -OCH3 is 1. The number of amides is 1. The molecule has 2 aromatic carbocycles. The number of carbonyl (C=O) groups is 2. The van der Waals surface area contributed by atoms with Gasteiger partial charge in [0.05, 0.1) is 7.11 Å². The minimum atomic E-state index is -1.28. The van der Waals surface area contributed by atoms with Crippen molar-refractivity contribution in [2.24, 2.45) is 0 Å². The minimum Gasteiger partial charge on any atom is -0.467 e. The van der Waals surface area contributed by atoms with E-state index in [0.29, 0.717) is 11.1 Å². The maximum Gasteiger partial charge on any atom is 0.332 e. The summed E-state index contributed by atoms with van der Waals surface area (Å²) in [4.78, 5) is 24.9. The van der Waals surface area contributed by atoms with Gasteiger partial charge in [-0.2, -0.15) is 0 Å². The lowest BCUT2D eigenvalue weighted by atomic mass is 9.87. The van der Waals surface area contributed by atoms with Crippen molar-refractivity contribution < 1.29 is 14.3 Å². The number of hydrogen-bond acceptors (Lipinski definition) is 4. The molecule has 2 N–H and O–H groups in total. The highest BCUT2D eigenvalue weighted by Crippen LogP contribution is 2.28. The average molecular weight is 403 g/mol.